The number of amides is 1. The van der Waals surface area contributed by atoms with E-state index >= 15 is 0 Å². The molecule has 1 saturated heterocycles. The molecule has 25 heavy (non-hydrogen) atoms. The molecule has 0 aliphatic carbocycles. The Kier molecular flexibility index (Phi) is 7.73. The molecule has 1 aliphatic rings. The molecular weight excluding hydrogens is 340 g/mol. The summed E-state index contributed by atoms with van der Waals surface area (Å²) >= 11 is 0. The van der Waals surface area contributed by atoms with E-state index < -0.39 is 6.10 Å². The van der Waals surface area contributed by atoms with Crippen molar-refractivity contribution in [3.63, 3.8) is 0 Å². The molecule has 2 aromatic carbocycles. The lowest BCUT2D eigenvalue weighted by Gasteiger charge is -2.22. The summed E-state index contributed by atoms with van der Waals surface area (Å²) in [6.45, 7) is 2.78. The van der Waals surface area contributed by atoms with Crippen LogP contribution in [0.15, 0.2) is 54.6 Å². The summed E-state index contributed by atoms with van der Waals surface area (Å²) in [4.78, 5) is 12.0. The van der Waals surface area contributed by atoms with E-state index in [1.54, 1.807) is 0 Å². The standard InChI is InChI=1S/C19H22N2O3.ClH/c22-19(18-14-20-10-12-24-18)21-11-13-23-17-9-5-4-8-16(17)15-6-2-1-3-7-15;/h1-9,18,20H,10-14H2,(H,21,22);1H. The highest BCUT2D eigenvalue weighted by Gasteiger charge is 2.21. The first-order chi connectivity index (χ1) is 11.8. The van der Waals surface area contributed by atoms with Gasteiger partial charge in [0.2, 0.25) is 0 Å². The molecule has 5 nitrogen and oxygen atoms in total. The molecular formula is C19H23ClN2O3. The molecule has 2 N–H and O–H groups in total. The van der Waals surface area contributed by atoms with Crippen molar-refractivity contribution in [1.82, 2.24) is 10.6 Å². The Morgan fingerprint density at radius 1 is 1.16 bits per heavy atom. The van der Waals surface area contributed by atoms with E-state index in [1.165, 1.54) is 0 Å². The lowest BCUT2D eigenvalue weighted by Crippen LogP contribution is -2.48. The first-order valence-electron chi connectivity index (χ1n) is 8.22. The largest absolute Gasteiger partial charge is 0.491 e. The average Bonchev–Trinajstić information content (AvgIpc) is 2.67. The van der Waals surface area contributed by atoms with Crippen molar-refractivity contribution in [2.75, 3.05) is 32.8 Å². The monoisotopic (exact) mass is 362 g/mol. The number of rotatable bonds is 6. The highest BCUT2D eigenvalue weighted by atomic mass is 35.5. The van der Waals surface area contributed by atoms with Gasteiger partial charge in [-0.3, -0.25) is 4.79 Å². The maximum atomic E-state index is 12.0. The van der Waals surface area contributed by atoms with Crippen LogP contribution in [0.5, 0.6) is 5.75 Å². The fourth-order valence-corrected chi connectivity index (χ4v) is 2.63. The van der Waals surface area contributed by atoms with Crippen LogP contribution in [0.4, 0.5) is 0 Å². The molecule has 1 aliphatic heterocycles. The van der Waals surface area contributed by atoms with E-state index in [4.69, 9.17) is 9.47 Å². The highest BCUT2D eigenvalue weighted by molar-refractivity contribution is 5.85. The van der Waals surface area contributed by atoms with Crippen LogP contribution in [0.2, 0.25) is 0 Å². The predicted octanol–water partition coefficient (Wildman–Crippen LogP) is 2.26. The number of halogens is 1. The Labute approximate surface area is 154 Å². The lowest BCUT2D eigenvalue weighted by molar-refractivity contribution is -0.134. The van der Waals surface area contributed by atoms with Crippen molar-refractivity contribution in [1.29, 1.82) is 0 Å². The first-order valence-corrected chi connectivity index (χ1v) is 8.22. The van der Waals surface area contributed by atoms with Gasteiger partial charge in [0.05, 0.1) is 13.2 Å². The first kappa shape index (κ1) is 19.2. The van der Waals surface area contributed by atoms with E-state index in [2.05, 4.69) is 22.8 Å². The van der Waals surface area contributed by atoms with E-state index in [0.717, 1.165) is 23.4 Å². The third kappa shape index (κ3) is 5.46. The molecule has 2 aromatic rings. The fraction of sp³-hybridized carbons (Fsp3) is 0.316. The Morgan fingerprint density at radius 3 is 2.68 bits per heavy atom. The number of carbonyl (C=O) groups is 1. The number of para-hydroxylation sites is 1. The van der Waals surface area contributed by atoms with E-state index in [1.807, 2.05) is 42.5 Å². The molecule has 0 aromatic heterocycles. The summed E-state index contributed by atoms with van der Waals surface area (Å²) in [6.07, 6.45) is -0.407. The number of nitrogens with one attached hydrogen (secondary N) is 2. The molecule has 1 unspecified atom stereocenters. The van der Waals surface area contributed by atoms with Crippen molar-refractivity contribution in [3.8, 4) is 16.9 Å². The SMILES string of the molecule is Cl.O=C(NCCOc1ccccc1-c1ccccc1)C1CNCCO1. The number of hydrogen-bond donors (Lipinski definition) is 2. The molecule has 3 rings (SSSR count). The van der Waals surface area contributed by atoms with Gasteiger partial charge in [0.25, 0.3) is 5.91 Å². The van der Waals surface area contributed by atoms with Crippen LogP contribution < -0.4 is 15.4 Å². The smallest absolute Gasteiger partial charge is 0.250 e. The van der Waals surface area contributed by atoms with Gasteiger partial charge in [-0.05, 0) is 11.6 Å². The summed E-state index contributed by atoms with van der Waals surface area (Å²) < 4.78 is 11.3. The zero-order valence-electron chi connectivity index (χ0n) is 13.9. The van der Waals surface area contributed by atoms with Crippen LogP contribution in [-0.2, 0) is 9.53 Å². The van der Waals surface area contributed by atoms with Crippen molar-refractivity contribution in [3.05, 3.63) is 54.6 Å². The zero-order chi connectivity index (χ0) is 16.6. The quantitative estimate of drug-likeness (QED) is 0.774. The van der Waals surface area contributed by atoms with Gasteiger partial charge >= 0.3 is 0 Å². The maximum Gasteiger partial charge on any atom is 0.250 e. The zero-order valence-corrected chi connectivity index (χ0v) is 14.8. The minimum Gasteiger partial charge on any atom is -0.491 e. The van der Waals surface area contributed by atoms with Crippen LogP contribution in [-0.4, -0.2) is 44.9 Å². The van der Waals surface area contributed by atoms with E-state index in [-0.39, 0.29) is 18.3 Å². The van der Waals surface area contributed by atoms with Crippen LogP contribution in [0, 0.1) is 0 Å². The lowest BCUT2D eigenvalue weighted by atomic mass is 10.1. The summed E-state index contributed by atoms with van der Waals surface area (Å²) in [6, 6.07) is 18.0. The van der Waals surface area contributed by atoms with Gasteiger partial charge < -0.3 is 20.1 Å². The van der Waals surface area contributed by atoms with E-state index in [0.29, 0.717) is 26.3 Å². The summed E-state index contributed by atoms with van der Waals surface area (Å²) in [5.41, 5.74) is 2.16. The van der Waals surface area contributed by atoms with E-state index in [9.17, 15) is 4.79 Å². The molecule has 1 heterocycles. The second-order valence-corrected chi connectivity index (χ2v) is 5.57. The van der Waals surface area contributed by atoms with Crippen molar-refractivity contribution >= 4 is 18.3 Å². The average molecular weight is 363 g/mol. The third-order valence-electron chi connectivity index (χ3n) is 3.85. The predicted molar refractivity (Wildman–Crippen MR) is 100 cm³/mol. The van der Waals surface area contributed by atoms with Gasteiger partial charge in [-0.2, -0.15) is 0 Å². The van der Waals surface area contributed by atoms with Gasteiger partial charge in [-0.1, -0.05) is 48.5 Å². The number of hydrogen-bond acceptors (Lipinski definition) is 4. The minimum atomic E-state index is -0.407. The Morgan fingerprint density at radius 2 is 1.92 bits per heavy atom. The number of carbonyl (C=O) groups excluding carboxylic acids is 1. The topological polar surface area (TPSA) is 59.6 Å². The molecule has 1 atom stereocenters. The van der Waals surface area contributed by atoms with Crippen LogP contribution in [0.1, 0.15) is 0 Å². The summed E-state index contributed by atoms with van der Waals surface area (Å²) in [5, 5.41) is 5.99. The molecule has 6 heteroatoms. The molecule has 0 spiro atoms. The molecule has 0 bridgehead atoms. The van der Waals surface area contributed by atoms with Gasteiger partial charge in [0.15, 0.2) is 0 Å². The second kappa shape index (κ2) is 10.0. The molecule has 1 amide bonds. The number of morpholine rings is 1. The van der Waals surface area contributed by atoms with Crippen molar-refractivity contribution in [2.24, 2.45) is 0 Å². The maximum absolute atomic E-state index is 12.0. The van der Waals surface area contributed by atoms with Gasteiger partial charge in [-0.25, -0.2) is 0 Å². The second-order valence-electron chi connectivity index (χ2n) is 5.57. The normalized spacial score (nSPS) is 16.6. The molecule has 0 saturated carbocycles. The van der Waals surface area contributed by atoms with Crippen molar-refractivity contribution < 1.29 is 14.3 Å². The van der Waals surface area contributed by atoms with Gasteiger partial charge in [0.1, 0.15) is 18.5 Å². The summed E-state index contributed by atoms with van der Waals surface area (Å²) in [5.74, 6) is 0.718. The molecule has 134 valence electrons. The summed E-state index contributed by atoms with van der Waals surface area (Å²) in [7, 11) is 0. The fourth-order valence-electron chi connectivity index (χ4n) is 2.63. The Bertz CT molecular complexity index is 661. The molecule has 1 fully saturated rings. The van der Waals surface area contributed by atoms with Gasteiger partial charge in [0, 0.05) is 18.7 Å². The highest BCUT2D eigenvalue weighted by Crippen LogP contribution is 2.29. The van der Waals surface area contributed by atoms with Crippen LogP contribution in [0.25, 0.3) is 11.1 Å². The molecule has 0 radical (unpaired) electrons. The van der Waals surface area contributed by atoms with Crippen molar-refractivity contribution in [2.45, 2.75) is 6.10 Å². The Balaban J connectivity index is 0.00000225. The minimum absolute atomic E-state index is 0. The number of benzene rings is 2. The Hall–Kier alpha value is -2.08. The van der Waals surface area contributed by atoms with Gasteiger partial charge in [-0.15, -0.1) is 12.4 Å². The van der Waals surface area contributed by atoms with Crippen LogP contribution in [0.3, 0.4) is 0 Å². The van der Waals surface area contributed by atoms with Crippen LogP contribution >= 0.6 is 12.4 Å². The number of ether oxygens (including phenoxy) is 2. The third-order valence-corrected chi connectivity index (χ3v) is 3.85.